The van der Waals surface area contributed by atoms with Gasteiger partial charge in [-0.25, -0.2) is 13.4 Å². The van der Waals surface area contributed by atoms with E-state index in [-0.39, 0.29) is 5.75 Å². The smallest absolute Gasteiger partial charge is 0.235 e. The Kier molecular flexibility index (Phi) is 4.62. The molecule has 0 atom stereocenters. The fourth-order valence-electron chi connectivity index (χ4n) is 1.51. The van der Waals surface area contributed by atoms with E-state index >= 15 is 0 Å². The molecule has 0 saturated heterocycles. The molecule has 0 aliphatic rings. The zero-order valence-corrected chi connectivity index (χ0v) is 12.7. The van der Waals surface area contributed by atoms with Gasteiger partial charge in [0.2, 0.25) is 10.0 Å². The summed E-state index contributed by atoms with van der Waals surface area (Å²) in [4.78, 5) is 4.22. The minimum Gasteiger partial charge on any atom is -0.316 e. The average Bonchev–Trinajstić information content (AvgIpc) is 2.69. The van der Waals surface area contributed by atoms with Crippen LogP contribution in [0.25, 0.3) is 10.2 Å². The van der Waals surface area contributed by atoms with E-state index in [0.717, 1.165) is 16.8 Å². The lowest BCUT2D eigenvalue weighted by atomic mass is 10.3. The molecule has 0 spiro atoms. The summed E-state index contributed by atoms with van der Waals surface area (Å²) < 4.78 is 27.0. The van der Waals surface area contributed by atoms with Crippen LogP contribution in [-0.2, 0) is 10.0 Å². The first kappa shape index (κ1) is 14.5. The van der Waals surface area contributed by atoms with Crippen LogP contribution in [0, 0.1) is 0 Å². The first-order chi connectivity index (χ1) is 9.00. The molecule has 2 aromatic rings. The van der Waals surface area contributed by atoms with Gasteiger partial charge in [0, 0.05) is 11.6 Å². The van der Waals surface area contributed by atoms with Crippen LogP contribution in [0.1, 0.15) is 6.92 Å². The second kappa shape index (κ2) is 6.04. The summed E-state index contributed by atoms with van der Waals surface area (Å²) in [5.41, 5.74) is 0.735. The van der Waals surface area contributed by atoms with E-state index in [1.807, 2.05) is 6.92 Å². The molecule has 0 aliphatic carbocycles. The maximum atomic E-state index is 11.8. The van der Waals surface area contributed by atoms with E-state index < -0.39 is 10.0 Å². The monoisotopic (exact) mass is 319 g/mol. The molecule has 0 unspecified atom stereocenters. The molecule has 19 heavy (non-hydrogen) atoms. The Labute approximate surface area is 121 Å². The molecule has 0 fully saturated rings. The van der Waals surface area contributed by atoms with Crippen molar-refractivity contribution in [3.05, 3.63) is 23.2 Å². The molecule has 104 valence electrons. The number of halogens is 1. The summed E-state index contributed by atoms with van der Waals surface area (Å²) in [5, 5.41) is 3.95. The number of nitrogens with zero attached hydrogens (tertiary/aromatic N) is 1. The maximum absolute atomic E-state index is 11.8. The Morgan fingerprint density at radius 2 is 2.21 bits per heavy atom. The van der Waals surface area contributed by atoms with Crippen LogP contribution in [0.2, 0.25) is 5.02 Å². The van der Waals surface area contributed by atoms with E-state index in [1.54, 1.807) is 18.2 Å². The second-order valence-electron chi connectivity index (χ2n) is 3.91. The zero-order chi connectivity index (χ0) is 13.9. The fourth-order valence-corrected chi connectivity index (χ4v) is 3.88. The zero-order valence-electron chi connectivity index (χ0n) is 10.3. The Morgan fingerprint density at radius 3 is 2.95 bits per heavy atom. The van der Waals surface area contributed by atoms with Gasteiger partial charge >= 0.3 is 0 Å². The minimum absolute atomic E-state index is 0.0253. The third-order valence-corrected chi connectivity index (χ3v) is 4.93. The number of fused-ring (bicyclic) bond motifs is 1. The van der Waals surface area contributed by atoms with Gasteiger partial charge in [0.1, 0.15) is 0 Å². The van der Waals surface area contributed by atoms with Gasteiger partial charge in [-0.05, 0) is 24.7 Å². The van der Waals surface area contributed by atoms with Crippen LogP contribution in [0.4, 0.5) is 5.13 Å². The van der Waals surface area contributed by atoms with Gasteiger partial charge in [-0.3, -0.25) is 4.72 Å². The van der Waals surface area contributed by atoms with E-state index in [2.05, 4.69) is 15.0 Å². The van der Waals surface area contributed by atoms with E-state index in [1.165, 1.54) is 11.3 Å². The Bertz CT molecular complexity index is 670. The lowest BCUT2D eigenvalue weighted by Gasteiger charge is -2.04. The molecule has 2 N–H and O–H groups in total. The van der Waals surface area contributed by atoms with Gasteiger partial charge in [0.25, 0.3) is 0 Å². The first-order valence-corrected chi connectivity index (χ1v) is 8.62. The summed E-state index contributed by atoms with van der Waals surface area (Å²) in [6.07, 6.45) is 0. The number of hydrogen-bond acceptors (Lipinski definition) is 5. The lowest BCUT2D eigenvalue weighted by Crippen LogP contribution is -2.26. The molecule has 2 rings (SSSR count). The Hall–Kier alpha value is -0.890. The number of anilines is 1. The quantitative estimate of drug-likeness (QED) is 0.801. The topological polar surface area (TPSA) is 71.1 Å². The molecule has 0 radical (unpaired) electrons. The van der Waals surface area contributed by atoms with Crippen LogP contribution >= 0.6 is 22.9 Å². The second-order valence-corrected chi connectivity index (χ2v) is 7.21. The highest BCUT2D eigenvalue weighted by Crippen LogP contribution is 2.28. The van der Waals surface area contributed by atoms with E-state index in [9.17, 15) is 8.42 Å². The SMILES string of the molecule is CCNCCS(=O)(=O)Nc1nc2ccc(Cl)cc2s1. The summed E-state index contributed by atoms with van der Waals surface area (Å²) >= 11 is 7.15. The molecular formula is C11H14ClN3O2S2. The Morgan fingerprint density at radius 1 is 1.42 bits per heavy atom. The van der Waals surface area contributed by atoms with Crippen molar-refractivity contribution in [2.75, 3.05) is 23.6 Å². The first-order valence-electron chi connectivity index (χ1n) is 5.77. The van der Waals surface area contributed by atoms with Crippen molar-refractivity contribution in [2.45, 2.75) is 6.92 Å². The average molecular weight is 320 g/mol. The number of aromatic nitrogens is 1. The molecule has 0 aliphatic heterocycles. The molecule has 1 aromatic heterocycles. The van der Waals surface area contributed by atoms with Gasteiger partial charge < -0.3 is 5.32 Å². The normalized spacial score (nSPS) is 11.9. The van der Waals surface area contributed by atoms with Crippen LogP contribution < -0.4 is 10.0 Å². The van der Waals surface area contributed by atoms with Gasteiger partial charge in [0.15, 0.2) is 5.13 Å². The minimum atomic E-state index is -3.36. The van der Waals surface area contributed by atoms with Crippen molar-refractivity contribution >= 4 is 48.3 Å². The van der Waals surface area contributed by atoms with Crippen molar-refractivity contribution in [1.29, 1.82) is 0 Å². The lowest BCUT2D eigenvalue weighted by molar-refractivity contribution is 0.597. The Balaban J connectivity index is 2.12. The number of hydrogen-bond donors (Lipinski definition) is 2. The maximum Gasteiger partial charge on any atom is 0.235 e. The van der Waals surface area contributed by atoms with Crippen molar-refractivity contribution in [3.63, 3.8) is 0 Å². The van der Waals surface area contributed by atoms with Gasteiger partial charge in [-0.2, -0.15) is 0 Å². The highest BCUT2D eigenvalue weighted by atomic mass is 35.5. The van der Waals surface area contributed by atoms with Crippen LogP contribution in [0.5, 0.6) is 0 Å². The molecular weight excluding hydrogens is 306 g/mol. The molecule has 8 heteroatoms. The molecule has 5 nitrogen and oxygen atoms in total. The van der Waals surface area contributed by atoms with Crippen molar-refractivity contribution in [2.24, 2.45) is 0 Å². The van der Waals surface area contributed by atoms with Crippen molar-refractivity contribution in [1.82, 2.24) is 10.3 Å². The van der Waals surface area contributed by atoms with Crippen LogP contribution in [0.15, 0.2) is 18.2 Å². The number of thiazole rings is 1. The number of benzene rings is 1. The molecule has 0 amide bonds. The number of rotatable bonds is 6. The van der Waals surface area contributed by atoms with Gasteiger partial charge in [0.05, 0.1) is 16.0 Å². The van der Waals surface area contributed by atoms with Gasteiger partial charge in [-0.15, -0.1) is 0 Å². The van der Waals surface area contributed by atoms with Gasteiger partial charge in [-0.1, -0.05) is 29.9 Å². The largest absolute Gasteiger partial charge is 0.316 e. The highest BCUT2D eigenvalue weighted by molar-refractivity contribution is 7.92. The third kappa shape index (κ3) is 4.04. The summed E-state index contributed by atoms with van der Waals surface area (Å²) in [7, 11) is -3.36. The fraction of sp³-hybridized carbons (Fsp3) is 0.364. The van der Waals surface area contributed by atoms with Crippen molar-refractivity contribution < 1.29 is 8.42 Å². The third-order valence-electron chi connectivity index (χ3n) is 2.39. The number of sulfonamides is 1. The predicted octanol–water partition coefficient (Wildman–Crippen LogP) is 2.30. The van der Waals surface area contributed by atoms with Crippen LogP contribution in [0.3, 0.4) is 0 Å². The standard InChI is InChI=1S/C11H14ClN3O2S2/c1-2-13-5-6-19(16,17)15-11-14-9-4-3-8(12)7-10(9)18-11/h3-4,7,13H,2,5-6H2,1H3,(H,14,15). The summed E-state index contributed by atoms with van der Waals surface area (Å²) in [6.45, 7) is 3.09. The summed E-state index contributed by atoms with van der Waals surface area (Å²) in [5.74, 6) is 0.0253. The molecule has 1 heterocycles. The molecule has 0 saturated carbocycles. The number of nitrogens with one attached hydrogen (secondary N) is 2. The summed E-state index contributed by atoms with van der Waals surface area (Å²) in [6, 6.07) is 5.27. The van der Waals surface area contributed by atoms with Crippen molar-refractivity contribution in [3.8, 4) is 0 Å². The van der Waals surface area contributed by atoms with E-state index in [4.69, 9.17) is 11.6 Å². The van der Waals surface area contributed by atoms with E-state index in [0.29, 0.717) is 16.7 Å². The van der Waals surface area contributed by atoms with Crippen LogP contribution in [-0.4, -0.2) is 32.2 Å². The molecule has 0 bridgehead atoms. The highest BCUT2D eigenvalue weighted by Gasteiger charge is 2.13. The molecule has 1 aromatic carbocycles. The predicted molar refractivity (Wildman–Crippen MR) is 80.6 cm³/mol.